The van der Waals surface area contributed by atoms with Gasteiger partial charge in [0.2, 0.25) is 5.91 Å². The van der Waals surface area contributed by atoms with E-state index >= 15 is 0 Å². The van der Waals surface area contributed by atoms with Gasteiger partial charge < -0.3 is 16.0 Å². The van der Waals surface area contributed by atoms with Gasteiger partial charge in [-0.15, -0.1) is 0 Å². The molecule has 1 heterocycles. The predicted molar refractivity (Wildman–Crippen MR) is 47.7 cm³/mol. The molecule has 1 amide bonds. The van der Waals surface area contributed by atoms with E-state index in [0.29, 0.717) is 6.54 Å². The number of carbonyl (C=O) groups is 1. The number of hydrogen-bond acceptors (Lipinski definition) is 3. The number of nitrogens with one attached hydrogen (secondary N) is 1. The number of rotatable bonds is 3. The normalized spacial score (nSPS) is 24.7. The summed E-state index contributed by atoms with van der Waals surface area (Å²) in [5, 5.41) is 3.12. The summed E-state index contributed by atoms with van der Waals surface area (Å²) in [6, 6.07) is -0.0171. The van der Waals surface area contributed by atoms with Crippen LogP contribution in [0.4, 0.5) is 0 Å². The van der Waals surface area contributed by atoms with E-state index in [4.69, 9.17) is 5.73 Å². The van der Waals surface area contributed by atoms with Crippen molar-refractivity contribution < 1.29 is 4.79 Å². The van der Waals surface area contributed by atoms with Gasteiger partial charge >= 0.3 is 0 Å². The molecule has 1 rings (SSSR count). The molecular weight excluding hydrogens is 154 g/mol. The molecule has 1 saturated heterocycles. The maximum absolute atomic E-state index is 11.5. The molecule has 0 aromatic carbocycles. The van der Waals surface area contributed by atoms with Crippen LogP contribution >= 0.6 is 0 Å². The number of piperazine rings is 1. The average Bonchev–Trinajstić information content (AvgIpc) is 2.08. The molecule has 4 heteroatoms. The Morgan fingerprint density at radius 1 is 1.75 bits per heavy atom. The van der Waals surface area contributed by atoms with Crippen molar-refractivity contribution in [2.24, 2.45) is 5.73 Å². The summed E-state index contributed by atoms with van der Waals surface area (Å²) in [4.78, 5) is 13.3. The van der Waals surface area contributed by atoms with E-state index in [1.165, 1.54) is 0 Å². The first-order chi connectivity index (χ1) is 5.75. The smallest absolute Gasteiger partial charge is 0.239 e. The Labute approximate surface area is 73.1 Å². The molecule has 1 aliphatic heterocycles. The van der Waals surface area contributed by atoms with Gasteiger partial charge in [-0.3, -0.25) is 4.79 Å². The number of carbonyl (C=O) groups excluding carboxylic acids is 1. The van der Waals surface area contributed by atoms with Gasteiger partial charge in [0.15, 0.2) is 0 Å². The minimum absolute atomic E-state index is 0.0171. The van der Waals surface area contributed by atoms with E-state index < -0.39 is 0 Å². The maximum Gasteiger partial charge on any atom is 0.239 e. The Morgan fingerprint density at radius 3 is 3.17 bits per heavy atom. The predicted octanol–water partition coefficient (Wildman–Crippen LogP) is -0.844. The standard InChI is InChI=1S/C8H17N3O/c1-7-8(12)11(5-2-3-9)6-4-10-7/h7,10H,2-6,9H2,1H3. The second-order valence-corrected chi connectivity index (χ2v) is 3.14. The van der Waals surface area contributed by atoms with Crippen LogP contribution in [-0.2, 0) is 4.79 Å². The van der Waals surface area contributed by atoms with Crippen molar-refractivity contribution in [1.82, 2.24) is 10.2 Å². The summed E-state index contributed by atoms with van der Waals surface area (Å²) in [7, 11) is 0. The minimum atomic E-state index is -0.0171. The van der Waals surface area contributed by atoms with Gasteiger partial charge in [-0.05, 0) is 19.9 Å². The summed E-state index contributed by atoms with van der Waals surface area (Å²) in [5.41, 5.74) is 5.37. The first-order valence-corrected chi connectivity index (χ1v) is 4.48. The van der Waals surface area contributed by atoms with E-state index in [1.807, 2.05) is 11.8 Å². The highest BCUT2D eigenvalue weighted by Crippen LogP contribution is 2.00. The lowest BCUT2D eigenvalue weighted by Crippen LogP contribution is -2.53. The molecule has 1 atom stereocenters. The quantitative estimate of drug-likeness (QED) is 0.582. The summed E-state index contributed by atoms with van der Waals surface area (Å²) in [6.07, 6.45) is 0.901. The van der Waals surface area contributed by atoms with Crippen LogP contribution in [0.2, 0.25) is 0 Å². The molecule has 0 aromatic heterocycles. The number of amides is 1. The lowest BCUT2D eigenvalue weighted by atomic mass is 10.2. The third-order valence-corrected chi connectivity index (χ3v) is 2.15. The van der Waals surface area contributed by atoms with Crippen LogP contribution in [0.25, 0.3) is 0 Å². The molecule has 0 spiro atoms. The zero-order valence-corrected chi connectivity index (χ0v) is 7.55. The Morgan fingerprint density at radius 2 is 2.50 bits per heavy atom. The van der Waals surface area contributed by atoms with E-state index in [-0.39, 0.29) is 11.9 Å². The van der Waals surface area contributed by atoms with Gasteiger partial charge in [0, 0.05) is 19.6 Å². The fourth-order valence-corrected chi connectivity index (χ4v) is 1.39. The molecule has 1 unspecified atom stereocenters. The Bertz CT molecular complexity index is 160. The third-order valence-electron chi connectivity index (χ3n) is 2.15. The van der Waals surface area contributed by atoms with Gasteiger partial charge in [0.05, 0.1) is 6.04 Å². The van der Waals surface area contributed by atoms with Crippen LogP contribution in [-0.4, -0.2) is 43.0 Å². The largest absolute Gasteiger partial charge is 0.340 e. The number of nitrogens with zero attached hydrogens (tertiary/aromatic N) is 1. The summed E-state index contributed by atoms with van der Waals surface area (Å²) in [6.45, 7) is 5.09. The van der Waals surface area contributed by atoms with Crippen LogP contribution in [0.3, 0.4) is 0 Å². The van der Waals surface area contributed by atoms with Gasteiger partial charge in [0.1, 0.15) is 0 Å². The summed E-state index contributed by atoms with van der Waals surface area (Å²) in [5.74, 6) is 0.203. The van der Waals surface area contributed by atoms with Crippen LogP contribution in [0.5, 0.6) is 0 Å². The zero-order chi connectivity index (χ0) is 8.97. The Balaban J connectivity index is 2.36. The molecule has 0 aliphatic carbocycles. The highest BCUT2D eigenvalue weighted by atomic mass is 16.2. The van der Waals surface area contributed by atoms with Gasteiger partial charge in [0.25, 0.3) is 0 Å². The van der Waals surface area contributed by atoms with Crippen molar-refractivity contribution in [3.05, 3.63) is 0 Å². The van der Waals surface area contributed by atoms with Crippen molar-refractivity contribution in [3.63, 3.8) is 0 Å². The van der Waals surface area contributed by atoms with E-state index in [2.05, 4.69) is 5.32 Å². The number of hydrogen-bond donors (Lipinski definition) is 2. The average molecular weight is 171 g/mol. The summed E-state index contributed by atoms with van der Waals surface area (Å²) < 4.78 is 0. The molecule has 70 valence electrons. The first kappa shape index (κ1) is 9.48. The van der Waals surface area contributed by atoms with Crippen LogP contribution in [0.15, 0.2) is 0 Å². The van der Waals surface area contributed by atoms with Crippen molar-refractivity contribution >= 4 is 5.91 Å². The molecule has 1 aliphatic rings. The fraction of sp³-hybridized carbons (Fsp3) is 0.875. The Hall–Kier alpha value is -0.610. The highest BCUT2D eigenvalue weighted by Gasteiger charge is 2.23. The van der Waals surface area contributed by atoms with Crippen LogP contribution in [0, 0.1) is 0 Å². The molecule has 3 N–H and O–H groups in total. The molecule has 4 nitrogen and oxygen atoms in total. The second-order valence-electron chi connectivity index (χ2n) is 3.14. The zero-order valence-electron chi connectivity index (χ0n) is 7.55. The topological polar surface area (TPSA) is 58.4 Å². The maximum atomic E-state index is 11.5. The lowest BCUT2D eigenvalue weighted by molar-refractivity contribution is -0.135. The first-order valence-electron chi connectivity index (χ1n) is 4.48. The van der Waals surface area contributed by atoms with Crippen molar-refractivity contribution in [3.8, 4) is 0 Å². The van der Waals surface area contributed by atoms with Crippen molar-refractivity contribution in [1.29, 1.82) is 0 Å². The molecule has 0 aromatic rings. The lowest BCUT2D eigenvalue weighted by Gasteiger charge is -2.31. The molecular formula is C8H17N3O. The molecule has 1 fully saturated rings. The van der Waals surface area contributed by atoms with Gasteiger partial charge in [-0.1, -0.05) is 0 Å². The highest BCUT2D eigenvalue weighted by molar-refractivity contribution is 5.82. The molecule has 0 radical (unpaired) electrons. The SMILES string of the molecule is CC1NCCN(CCCN)C1=O. The van der Waals surface area contributed by atoms with E-state index in [0.717, 1.165) is 26.1 Å². The van der Waals surface area contributed by atoms with E-state index in [1.54, 1.807) is 0 Å². The van der Waals surface area contributed by atoms with Crippen molar-refractivity contribution in [2.45, 2.75) is 19.4 Å². The molecule has 0 saturated carbocycles. The third kappa shape index (κ3) is 2.19. The van der Waals surface area contributed by atoms with E-state index in [9.17, 15) is 4.79 Å². The molecule has 0 bridgehead atoms. The minimum Gasteiger partial charge on any atom is -0.340 e. The van der Waals surface area contributed by atoms with Crippen LogP contribution < -0.4 is 11.1 Å². The Kier molecular flexibility index (Phi) is 3.49. The monoisotopic (exact) mass is 171 g/mol. The number of nitrogens with two attached hydrogens (primary N) is 1. The molecule has 12 heavy (non-hydrogen) atoms. The van der Waals surface area contributed by atoms with Gasteiger partial charge in [-0.2, -0.15) is 0 Å². The van der Waals surface area contributed by atoms with Crippen molar-refractivity contribution in [2.75, 3.05) is 26.2 Å². The van der Waals surface area contributed by atoms with Crippen LogP contribution in [0.1, 0.15) is 13.3 Å². The second kappa shape index (κ2) is 4.42. The summed E-state index contributed by atoms with van der Waals surface area (Å²) >= 11 is 0. The fourth-order valence-electron chi connectivity index (χ4n) is 1.39. The van der Waals surface area contributed by atoms with Gasteiger partial charge in [-0.25, -0.2) is 0 Å².